The van der Waals surface area contributed by atoms with E-state index in [1.807, 2.05) is 0 Å². The molecule has 1 saturated heterocycles. The number of anilines is 2. The standard InChI is InChI=1S/C14H19N3O.C2HF3O2/c1-2-11-8-15-4-5-16-6-7-17(12-9-18-10-12)13(3-1)14(11)16;3-2(4,5)1(6)7/h1-3,12,15H,4-10H2;(H,6,7). The fourth-order valence-corrected chi connectivity index (χ4v) is 3.22. The summed E-state index contributed by atoms with van der Waals surface area (Å²) in [7, 11) is 0. The Morgan fingerprint density at radius 2 is 1.96 bits per heavy atom. The molecule has 2 N–H and O–H groups in total. The number of benzene rings is 1. The van der Waals surface area contributed by atoms with Crippen LogP contribution in [-0.4, -0.2) is 62.7 Å². The number of alkyl halides is 3. The summed E-state index contributed by atoms with van der Waals surface area (Å²) >= 11 is 0. The number of carbonyl (C=O) groups is 1. The Kier molecular flexibility index (Phi) is 5.05. The number of nitrogens with one attached hydrogen (secondary N) is 1. The Bertz CT molecular complexity index is 635. The number of aliphatic carboxylic acids is 1. The molecule has 138 valence electrons. The van der Waals surface area contributed by atoms with Crippen LogP contribution in [0.15, 0.2) is 18.2 Å². The van der Waals surface area contributed by atoms with Crippen LogP contribution >= 0.6 is 0 Å². The number of hydrogen-bond donors (Lipinski definition) is 2. The Hall–Kier alpha value is -2.00. The van der Waals surface area contributed by atoms with Crippen molar-refractivity contribution in [2.24, 2.45) is 0 Å². The van der Waals surface area contributed by atoms with Gasteiger partial charge in [-0.15, -0.1) is 0 Å². The van der Waals surface area contributed by atoms with Crippen LogP contribution in [0.4, 0.5) is 24.5 Å². The predicted octanol–water partition coefficient (Wildman–Crippen LogP) is 1.45. The molecule has 0 radical (unpaired) electrons. The van der Waals surface area contributed by atoms with Crippen molar-refractivity contribution in [1.82, 2.24) is 5.32 Å². The number of halogens is 3. The fraction of sp³-hybridized carbons (Fsp3) is 0.562. The average molecular weight is 359 g/mol. The lowest BCUT2D eigenvalue weighted by atomic mass is 10.0. The molecule has 4 rings (SSSR count). The van der Waals surface area contributed by atoms with Crippen LogP contribution in [0.3, 0.4) is 0 Å². The molecule has 3 aliphatic heterocycles. The zero-order valence-electron chi connectivity index (χ0n) is 13.6. The van der Waals surface area contributed by atoms with Gasteiger partial charge in [0.2, 0.25) is 0 Å². The van der Waals surface area contributed by atoms with Crippen molar-refractivity contribution in [2.75, 3.05) is 49.2 Å². The van der Waals surface area contributed by atoms with Gasteiger partial charge < -0.3 is 25.0 Å². The van der Waals surface area contributed by atoms with E-state index in [2.05, 4.69) is 33.3 Å². The number of hydrogen-bond acceptors (Lipinski definition) is 5. The summed E-state index contributed by atoms with van der Waals surface area (Å²) in [5.41, 5.74) is 4.31. The molecule has 3 heterocycles. The van der Waals surface area contributed by atoms with Gasteiger partial charge in [0, 0.05) is 32.7 Å². The molecular weight excluding hydrogens is 339 g/mol. The number of carboxylic acids is 1. The molecule has 6 nitrogen and oxygen atoms in total. The highest BCUT2D eigenvalue weighted by Crippen LogP contribution is 2.38. The van der Waals surface area contributed by atoms with Crippen LogP contribution in [0.2, 0.25) is 0 Å². The van der Waals surface area contributed by atoms with Crippen molar-refractivity contribution >= 4 is 17.3 Å². The summed E-state index contributed by atoms with van der Waals surface area (Å²) in [6.45, 7) is 7.25. The third-order valence-electron chi connectivity index (χ3n) is 4.51. The molecule has 0 amide bonds. The highest BCUT2D eigenvalue weighted by Gasteiger charge is 2.38. The number of rotatable bonds is 1. The highest BCUT2D eigenvalue weighted by atomic mass is 19.4. The topological polar surface area (TPSA) is 65.0 Å². The van der Waals surface area contributed by atoms with Gasteiger partial charge >= 0.3 is 12.1 Å². The van der Waals surface area contributed by atoms with Gasteiger partial charge in [-0.25, -0.2) is 4.79 Å². The lowest BCUT2D eigenvalue weighted by Gasteiger charge is -2.45. The lowest BCUT2D eigenvalue weighted by molar-refractivity contribution is -0.192. The van der Waals surface area contributed by atoms with Gasteiger partial charge in [0.15, 0.2) is 0 Å². The summed E-state index contributed by atoms with van der Waals surface area (Å²) in [6, 6.07) is 7.31. The van der Waals surface area contributed by atoms with Crippen LogP contribution < -0.4 is 15.1 Å². The Morgan fingerprint density at radius 1 is 1.24 bits per heavy atom. The number of carboxylic acid groups (broad SMARTS) is 1. The van der Waals surface area contributed by atoms with E-state index in [1.165, 1.54) is 16.9 Å². The Labute approximate surface area is 143 Å². The molecule has 0 saturated carbocycles. The summed E-state index contributed by atoms with van der Waals surface area (Å²) in [6.07, 6.45) is -5.08. The molecule has 9 heteroatoms. The molecular formula is C16H20F3N3O3. The van der Waals surface area contributed by atoms with Crippen LogP contribution in [0.5, 0.6) is 0 Å². The van der Waals surface area contributed by atoms with Crippen LogP contribution in [0.1, 0.15) is 5.56 Å². The number of para-hydroxylation sites is 1. The third kappa shape index (κ3) is 3.82. The van der Waals surface area contributed by atoms with Gasteiger partial charge in [0.25, 0.3) is 0 Å². The van der Waals surface area contributed by atoms with E-state index >= 15 is 0 Å². The maximum absolute atomic E-state index is 10.6. The molecule has 0 aromatic heterocycles. The molecule has 0 bridgehead atoms. The molecule has 0 unspecified atom stereocenters. The van der Waals surface area contributed by atoms with E-state index in [9.17, 15) is 13.2 Å². The molecule has 0 atom stereocenters. The van der Waals surface area contributed by atoms with Gasteiger partial charge in [-0.3, -0.25) is 0 Å². The first-order valence-electron chi connectivity index (χ1n) is 8.10. The first-order chi connectivity index (χ1) is 11.9. The maximum atomic E-state index is 10.6. The van der Waals surface area contributed by atoms with Crippen molar-refractivity contribution in [3.63, 3.8) is 0 Å². The van der Waals surface area contributed by atoms with E-state index in [4.69, 9.17) is 14.6 Å². The zero-order valence-corrected chi connectivity index (χ0v) is 13.6. The minimum Gasteiger partial charge on any atom is -0.475 e. The molecule has 1 aromatic carbocycles. The van der Waals surface area contributed by atoms with Crippen LogP contribution in [0, 0.1) is 0 Å². The second-order valence-corrected chi connectivity index (χ2v) is 6.14. The number of ether oxygens (including phenoxy) is 1. The first-order valence-corrected chi connectivity index (χ1v) is 8.10. The minimum atomic E-state index is -5.08. The monoisotopic (exact) mass is 359 g/mol. The summed E-state index contributed by atoms with van der Waals surface area (Å²) in [5, 5.41) is 10.6. The first kappa shape index (κ1) is 17.8. The second-order valence-electron chi connectivity index (χ2n) is 6.14. The van der Waals surface area contributed by atoms with Crippen molar-refractivity contribution in [1.29, 1.82) is 0 Å². The highest BCUT2D eigenvalue weighted by molar-refractivity contribution is 5.77. The number of nitrogens with zero attached hydrogens (tertiary/aromatic N) is 2. The van der Waals surface area contributed by atoms with E-state index in [0.29, 0.717) is 6.04 Å². The van der Waals surface area contributed by atoms with Crippen LogP contribution in [0.25, 0.3) is 0 Å². The van der Waals surface area contributed by atoms with Crippen molar-refractivity contribution in [2.45, 2.75) is 18.8 Å². The summed E-state index contributed by atoms with van der Waals surface area (Å²) in [5.74, 6) is -2.76. The smallest absolute Gasteiger partial charge is 0.475 e. The van der Waals surface area contributed by atoms with Gasteiger partial charge in [0.1, 0.15) is 0 Å². The van der Waals surface area contributed by atoms with Gasteiger partial charge in [-0.2, -0.15) is 13.2 Å². The quantitative estimate of drug-likeness (QED) is 0.791. The van der Waals surface area contributed by atoms with Crippen LogP contribution in [-0.2, 0) is 16.1 Å². The van der Waals surface area contributed by atoms with Gasteiger partial charge in [0.05, 0.1) is 30.6 Å². The maximum Gasteiger partial charge on any atom is 0.490 e. The molecule has 0 aliphatic carbocycles. The van der Waals surface area contributed by atoms with E-state index in [1.54, 1.807) is 0 Å². The normalized spacial score (nSPS) is 20.0. The Morgan fingerprint density at radius 3 is 2.56 bits per heavy atom. The van der Waals surface area contributed by atoms with Crippen molar-refractivity contribution < 1.29 is 27.8 Å². The van der Waals surface area contributed by atoms with Crippen molar-refractivity contribution in [3.8, 4) is 0 Å². The predicted molar refractivity (Wildman–Crippen MR) is 86.0 cm³/mol. The molecule has 25 heavy (non-hydrogen) atoms. The summed E-state index contributed by atoms with van der Waals surface area (Å²) in [4.78, 5) is 14.0. The van der Waals surface area contributed by atoms with E-state index in [-0.39, 0.29) is 0 Å². The minimum absolute atomic E-state index is 0.592. The molecule has 1 fully saturated rings. The van der Waals surface area contributed by atoms with Gasteiger partial charge in [-0.1, -0.05) is 12.1 Å². The SMILES string of the molecule is O=C(O)C(F)(F)F.c1cc2c3c(c1)N(C1COC1)CCN3CCNC2. The Balaban J connectivity index is 0.000000225. The molecule has 0 spiro atoms. The van der Waals surface area contributed by atoms with E-state index in [0.717, 1.165) is 45.9 Å². The van der Waals surface area contributed by atoms with Gasteiger partial charge in [-0.05, 0) is 11.6 Å². The fourth-order valence-electron chi connectivity index (χ4n) is 3.22. The molecule has 3 aliphatic rings. The zero-order chi connectivity index (χ0) is 18.0. The second kappa shape index (κ2) is 7.09. The largest absolute Gasteiger partial charge is 0.490 e. The average Bonchev–Trinajstić information content (AvgIpc) is 2.71. The van der Waals surface area contributed by atoms with E-state index < -0.39 is 12.1 Å². The third-order valence-corrected chi connectivity index (χ3v) is 4.51. The molecule has 1 aromatic rings. The van der Waals surface area contributed by atoms with Crippen molar-refractivity contribution in [3.05, 3.63) is 23.8 Å². The lowest BCUT2D eigenvalue weighted by Crippen LogP contribution is -2.54. The summed E-state index contributed by atoms with van der Waals surface area (Å²) < 4.78 is 37.1.